The Labute approximate surface area is 105 Å². The fourth-order valence-electron chi connectivity index (χ4n) is 3.01. The van der Waals surface area contributed by atoms with E-state index in [0.29, 0.717) is 0 Å². The largest absolute Gasteiger partial charge is 0.389 e. The summed E-state index contributed by atoms with van der Waals surface area (Å²) in [5.41, 5.74) is 2.09. The highest BCUT2D eigenvalue weighted by Gasteiger charge is 2.44. The Kier molecular flexibility index (Phi) is 3.31. The van der Waals surface area contributed by atoms with Gasteiger partial charge in [0.1, 0.15) is 0 Å². The summed E-state index contributed by atoms with van der Waals surface area (Å²) in [4.78, 5) is 0. The fourth-order valence-corrected chi connectivity index (χ4v) is 3.01. The lowest BCUT2D eigenvalue weighted by molar-refractivity contribution is -0.0959. The third-order valence-corrected chi connectivity index (χ3v) is 4.65. The van der Waals surface area contributed by atoms with Crippen LogP contribution in [0.3, 0.4) is 0 Å². The van der Waals surface area contributed by atoms with Crippen molar-refractivity contribution >= 4 is 0 Å². The Morgan fingerprint density at radius 3 is 2.41 bits per heavy atom. The fraction of sp³-hybridized carbons (Fsp3) is 0.625. The first kappa shape index (κ1) is 12.6. The molecule has 0 aliphatic heterocycles. The van der Waals surface area contributed by atoms with E-state index in [-0.39, 0.29) is 5.41 Å². The van der Waals surface area contributed by atoms with Crippen LogP contribution in [0.4, 0.5) is 0 Å². The van der Waals surface area contributed by atoms with E-state index in [9.17, 15) is 5.11 Å². The summed E-state index contributed by atoms with van der Waals surface area (Å²) in [5, 5.41) is 11.0. The highest BCUT2D eigenvalue weighted by atomic mass is 16.3. The SMILES string of the molecule is Cc1ccccc1CC1(O)CCCCC1(C)C. The molecule has 0 radical (unpaired) electrons. The highest BCUT2D eigenvalue weighted by molar-refractivity contribution is 5.27. The lowest BCUT2D eigenvalue weighted by Gasteiger charge is -2.47. The van der Waals surface area contributed by atoms with Crippen LogP contribution in [-0.2, 0) is 6.42 Å². The predicted molar refractivity (Wildman–Crippen MR) is 72.1 cm³/mol. The molecular formula is C16H24O. The van der Waals surface area contributed by atoms with Crippen LogP contribution in [0.2, 0.25) is 0 Å². The van der Waals surface area contributed by atoms with Gasteiger partial charge >= 0.3 is 0 Å². The molecule has 1 aliphatic rings. The van der Waals surface area contributed by atoms with E-state index in [0.717, 1.165) is 25.7 Å². The summed E-state index contributed by atoms with van der Waals surface area (Å²) in [6.07, 6.45) is 5.28. The minimum absolute atomic E-state index is 0.0352. The zero-order chi connectivity index (χ0) is 12.5. The zero-order valence-corrected chi connectivity index (χ0v) is 11.3. The minimum Gasteiger partial charge on any atom is -0.389 e. The molecule has 0 heterocycles. The molecule has 1 saturated carbocycles. The standard InChI is InChI=1S/C16H24O/c1-13-8-4-5-9-14(13)12-16(17)11-7-6-10-15(16,2)3/h4-5,8-9,17H,6-7,10-12H2,1-3H3. The molecule has 1 atom stereocenters. The van der Waals surface area contributed by atoms with Gasteiger partial charge in [-0.05, 0) is 36.3 Å². The van der Waals surface area contributed by atoms with Crippen molar-refractivity contribution in [2.45, 2.75) is 58.5 Å². The zero-order valence-electron chi connectivity index (χ0n) is 11.3. The molecule has 1 aromatic carbocycles. The number of hydrogen-bond donors (Lipinski definition) is 1. The van der Waals surface area contributed by atoms with Gasteiger partial charge in [0, 0.05) is 6.42 Å². The number of rotatable bonds is 2. The Hall–Kier alpha value is -0.820. The Morgan fingerprint density at radius 1 is 1.12 bits per heavy atom. The van der Waals surface area contributed by atoms with Crippen molar-refractivity contribution in [3.05, 3.63) is 35.4 Å². The van der Waals surface area contributed by atoms with Crippen molar-refractivity contribution < 1.29 is 5.11 Å². The van der Waals surface area contributed by atoms with Gasteiger partial charge in [-0.15, -0.1) is 0 Å². The van der Waals surface area contributed by atoms with E-state index in [4.69, 9.17) is 0 Å². The highest BCUT2D eigenvalue weighted by Crippen LogP contribution is 2.45. The van der Waals surface area contributed by atoms with Crippen LogP contribution in [0.25, 0.3) is 0 Å². The Balaban J connectivity index is 2.24. The lowest BCUT2D eigenvalue weighted by Crippen LogP contribution is -2.48. The molecule has 1 nitrogen and oxygen atoms in total. The summed E-state index contributed by atoms with van der Waals surface area (Å²) in [7, 11) is 0. The van der Waals surface area contributed by atoms with Crippen molar-refractivity contribution in [1.82, 2.24) is 0 Å². The maximum absolute atomic E-state index is 11.0. The summed E-state index contributed by atoms with van der Waals surface area (Å²) in [5.74, 6) is 0. The van der Waals surface area contributed by atoms with Crippen molar-refractivity contribution in [1.29, 1.82) is 0 Å². The Bertz CT molecular complexity index is 394. The van der Waals surface area contributed by atoms with Gasteiger partial charge in [-0.3, -0.25) is 0 Å². The van der Waals surface area contributed by atoms with Crippen molar-refractivity contribution in [2.24, 2.45) is 5.41 Å². The summed E-state index contributed by atoms with van der Waals surface area (Å²) >= 11 is 0. The molecule has 17 heavy (non-hydrogen) atoms. The summed E-state index contributed by atoms with van der Waals surface area (Å²) in [6.45, 7) is 6.56. The van der Waals surface area contributed by atoms with Gasteiger partial charge < -0.3 is 5.11 Å². The Morgan fingerprint density at radius 2 is 1.76 bits per heavy atom. The molecule has 0 spiro atoms. The normalized spacial score (nSPS) is 28.0. The number of hydrogen-bond acceptors (Lipinski definition) is 1. The number of aryl methyl sites for hydroxylation is 1. The van der Waals surface area contributed by atoms with Gasteiger partial charge in [-0.25, -0.2) is 0 Å². The van der Waals surface area contributed by atoms with Gasteiger partial charge in [-0.1, -0.05) is 51.0 Å². The molecule has 1 unspecified atom stereocenters. The third-order valence-electron chi connectivity index (χ3n) is 4.65. The van der Waals surface area contributed by atoms with Crippen LogP contribution >= 0.6 is 0 Å². The van der Waals surface area contributed by atoms with Crippen molar-refractivity contribution in [3.8, 4) is 0 Å². The lowest BCUT2D eigenvalue weighted by atomic mass is 9.63. The molecule has 0 bridgehead atoms. The molecular weight excluding hydrogens is 208 g/mol. The minimum atomic E-state index is -0.530. The van der Waals surface area contributed by atoms with Gasteiger partial charge in [0.15, 0.2) is 0 Å². The second-order valence-electron chi connectivity index (χ2n) is 6.23. The van der Waals surface area contributed by atoms with Crippen LogP contribution in [0.1, 0.15) is 50.7 Å². The van der Waals surface area contributed by atoms with Gasteiger partial charge in [0.2, 0.25) is 0 Å². The molecule has 94 valence electrons. The van der Waals surface area contributed by atoms with E-state index in [1.54, 1.807) is 0 Å². The van der Waals surface area contributed by atoms with Crippen molar-refractivity contribution in [3.63, 3.8) is 0 Å². The average Bonchev–Trinajstić information content (AvgIpc) is 2.26. The van der Waals surface area contributed by atoms with E-state index >= 15 is 0 Å². The molecule has 1 aliphatic carbocycles. The molecule has 1 N–H and O–H groups in total. The first-order valence-electron chi connectivity index (χ1n) is 6.72. The molecule has 0 aromatic heterocycles. The second-order valence-corrected chi connectivity index (χ2v) is 6.23. The summed E-state index contributed by atoms with van der Waals surface area (Å²) in [6, 6.07) is 8.42. The monoisotopic (exact) mass is 232 g/mol. The van der Waals surface area contributed by atoms with Crippen molar-refractivity contribution in [2.75, 3.05) is 0 Å². The average molecular weight is 232 g/mol. The third kappa shape index (κ3) is 2.40. The molecule has 0 saturated heterocycles. The summed E-state index contributed by atoms with van der Waals surface area (Å²) < 4.78 is 0. The van der Waals surface area contributed by atoms with Gasteiger partial charge in [0.05, 0.1) is 5.60 Å². The van der Waals surface area contributed by atoms with E-state index < -0.39 is 5.60 Å². The molecule has 1 fully saturated rings. The number of benzene rings is 1. The van der Waals surface area contributed by atoms with Crippen LogP contribution in [0, 0.1) is 12.3 Å². The topological polar surface area (TPSA) is 20.2 Å². The van der Waals surface area contributed by atoms with Crippen LogP contribution in [0.5, 0.6) is 0 Å². The van der Waals surface area contributed by atoms with Crippen LogP contribution in [-0.4, -0.2) is 10.7 Å². The van der Waals surface area contributed by atoms with Gasteiger partial charge in [0.25, 0.3) is 0 Å². The van der Waals surface area contributed by atoms with E-state index in [2.05, 4.69) is 45.0 Å². The molecule has 1 aromatic rings. The maximum Gasteiger partial charge on any atom is 0.0738 e. The van der Waals surface area contributed by atoms with E-state index in [1.165, 1.54) is 17.5 Å². The van der Waals surface area contributed by atoms with Gasteiger partial charge in [-0.2, -0.15) is 0 Å². The quantitative estimate of drug-likeness (QED) is 0.820. The van der Waals surface area contributed by atoms with Crippen LogP contribution < -0.4 is 0 Å². The first-order chi connectivity index (χ1) is 7.95. The first-order valence-corrected chi connectivity index (χ1v) is 6.72. The maximum atomic E-state index is 11.0. The molecule has 0 amide bonds. The van der Waals surface area contributed by atoms with E-state index in [1.807, 2.05) is 0 Å². The predicted octanol–water partition coefficient (Wildman–Crippen LogP) is 3.87. The number of aliphatic hydroxyl groups is 1. The molecule has 2 rings (SSSR count). The molecule has 1 heteroatoms. The second kappa shape index (κ2) is 4.45. The smallest absolute Gasteiger partial charge is 0.0738 e. The van der Waals surface area contributed by atoms with Crippen LogP contribution in [0.15, 0.2) is 24.3 Å².